The number of H-pyrrole nitrogens is 2. The third-order valence-corrected chi connectivity index (χ3v) is 12.0. The normalized spacial score (nSPS) is 28.2. The van der Waals surface area contributed by atoms with Crippen molar-refractivity contribution in [1.29, 1.82) is 0 Å². The van der Waals surface area contributed by atoms with Crippen LogP contribution in [0.3, 0.4) is 0 Å². The predicted octanol–water partition coefficient (Wildman–Crippen LogP) is 4.61. The van der Waals surface area contributed by atoms with E-state index < -0.39 is 16.7 Å². The molecule has 2 aromatic rings. The van der Waals surface area contributed by atoms with Gasteiger partial charge in [0.05, 0.1) is 0 Å². The lowest BCUT2D eigenvalue weighted by atomic mass is 9.91. The maximum absolute atomic E-state index is 12.8. The van der Waals surface area contributed by atoms with Gasteiger partial charge in [-0.3, -0.25) is 19.2 Å². The molecule has 0 aliphatic carbocycles. The Morgan fingerprint density at radius 2 is 1.40 bits per heavy atom. The molecule has 2 aromatic heterocycles. The fourth-order valence-corrected chi connectivity index (χ4v) is 8.85. The van der Waals surface area contributed by atoms with Gasteiger partial charge in [0.1, 0.15) is 4.75 Å². The summed E-state index contributed by atoms with van der Waals surface area (Å²) in [5.74, 6) is -2.11. The highest BCUT2D eigenvalue weighted by atomic mass is 32.2. The Hall–Kier alpha value is -3.38. The molecule has 3 aliphatic heterocycles. The number of allylic oxidation sites excluding steroid dienone is 2. The second-order valence-corrected chi connectivity index (χ2v) is 15.1. The van der Waals surface area contributed by atoms with Crippen molar-refractivity contribution in [2.24, 2.45) is 17.8 Å². The molecular weight excluding hydrogens is 613 g/mol. The number of hydrogen-bond donors (Lipinski definition) is 7. The van der Waals surface area contributed by atoms with Crippen molar-refractivity contribution in [1.82, 2.24) is 20.6 Å². The zero-order valence-electron chi connectivity index (χ0n) is 26.5. The Labute approximate surface area is 272 Å². The molecule has 12 heteroatoms. The molecule has 3 fully saturated rings. The number of hydrogen-bond acceptors (Lipinski definition) is 6. The molecule has 45 heavy (non-hydrogen) atoms. The minimum Gasteiger partial charge on any atom is -0.481 e. The average molecular weight is 655 g/mol. The predicted molar refractivity (Wildman–Crippen MR) is 178 cm³/mol. The summed E-state index contributed by atoms with van der Waals surface area (Å²) < 4.78 is -0.423. The number of carboxylic acid groups (broad SMARTS) is 2. The van der Waals surface area contributed by atoms with E-state index in [4.69, 9.17) is 0 Å². The number of thioether (sulfide) groups is 1. The molecule has 5 heterocycles. The van der Waals surface area contributed by atoms with Crippen LogP contribution in [0.4, 0.5) is 0 Å². The van der Waals surface area contributed by atoms with Gasteiger partial charge < -0.3 is 30.8 Å². The molecule has 1 spiro atoms. The molecule has 3 aliphatic rings. The summed E-state index contributed by atoms with van der Waals surface area (Å²) in [5.41, 5.74) is 8.47. The quantitative estimate of drug-likeness (QED) is 0.137. The van der Waals surface area contributed by atoms with Gasteiger partial charge in [-0.15, -0.1) is 11.8 Å². The first-order valence-electron chi connectivity index (χ1n) is 15.4. The summed E-state index contributed by atoms with van der Waals surface area (Å²) in [6, 6.07) is 0. The minimum absolute atomic E-state index is 0.0190. The SMILES string of the molecule is Cc1c(/C=C2\NC(=O)[C@@]3(SC3C)C2C)[nH]c(Cc2[nH]c(/C=C3\NC(=O)[C@H](C)[C@H]3[C@@H](C)S)c(C)c2CCC(=O)O)c1CCC(=O)O. The summed E-state index contributed by atoms with van der Waals surface area (Å²) in [7, 11) is 0. The third kappa shape index (κ3) is 6.10. The lowest BCUT2D eigenvalue weighted by molar-refractivity contribution is -0.138. The second kappa shape index (κ2) is 12.4. The number of aliphatic carboxylic acids is 2. The highest BCUT2D eigenvalue weighted by Crippen LogP contribution is 2.62. The Morgan fingerprint density at radius 3 is 1.82 bits per heavy atom. The van der Waals surface area contributed by atoms with Crippen molar-refractivity contribution < 1.29 is 29.4 Å². The van der Waals surface area contributed by atoms with E-state index >= 15 is 0 Å². The number of carboxylic acids is 2. The van der Waals surface area contributed by atoms with Crippen molar-refractivity contribution in [2.75, 3.05) is 0 Å². The van der Waals surface area contributed by atoms with Crippen LogP contribution in [-0.2, 0) is 38.4 Å². The van der Waals surface area contributed by atoms with Crippen LogP contribution in [0.2, 0.25) is 0 Å². The van der Waals surface area contributed by atoms with Crippen LogP contribution in [-0.4, -0.2) is 59.2 Å². The number of amides is 2. The Kier molecular flexibility index (Phi) is 9.12. The molecule has 5 rings (SSSR count). The first-order valence-corrected chi connectivity index (χ1v) is 16.8. The van der Waals surface area contributed by atoms with Gasteiger partial charge in [-0.2, -0.15) is 12.6 Å². The van der Waals surface area contributed by atoms with Crippen LogP contribution in [0, 0.1) is 31.6 Å². The standard InChI is InChI=1S/C33H42N4O6S2/c1-14-20(7-9-28(38)39)25(34-22(14)11-24-17(4)33(19(6)45-33)32(43)37-24)13-26-21(8-10-29(40)41)15(2)23(35-26)12-27-30(18(5)44)16(3)31(42)36-27/h11-12,16-19,30,34-35,44H,7-10,13H2,1-6H3,(H,36,42)(H,37,43)(H,38,39)(H,40,41)/b24-11-,27-12-/t16-,17?,18-,19?,30+,33-/m1/s1. The van der Waals surface area contributed by atoms with E-state index in [2.05, 4.69) is 47.1 Å². The van der Waals surface area contributed by atoms with Gasteiger partial charge in [-0.05, 0) is 61.1 Å². The molecule has 0 aromatic carbocycles. The first kappa shape index (κ1) is 33.0. The molecule has 2 amide bonds. The molecule has 6 N–H and O–H groups in total. The molecule has 0 bridgehead atoms. The smallest absolute Gasteiger partial charge is 0.303 e. The summed E-state index contributed by atoms with van der Waals surface area (Å²) in [6.07, 6.45) is 4.84. The topological polar surface area (TPSA) is 164 Å². The monoisotopic (exact) mass is 654 g/mol. The number of aromatic amines is 2. The molecular formula is C33H42N4O6S2. The van der Waals surface area contributed by atoms with Gasteiger partial charge >= 0.3 is 11.9 Å². The maximum atomic E-state index is 12.8. The summed E-state index contributed by atoms with van der Waals surface area (Å²) in [6.45, 7) is 11.9. The number of nitrogens with one attached hydrogen (secondary N) is 4. The molecule has 0 saturated carbocycles. The van der Waals surface area contributed by atoms with E-state index in [1.807, 2.05) is 39.8 Å². The summed E-state index contributed by atoms with van der Waals surface area (Å²) >= 11 is 6.31. The molecule has 0 radical (unpaired) electrons. The summed E-state index contributed by atoms with van der Waals surface area (Å²) in [4.78, 5) is 55.6. The van der Waals surface area contributed by atoms with Crippen LogP contribution in [0.1, 0.15) is 85.6 Å². The maximum Gasteiger partial charge on any atom is 0.303 e. The lowest BCUT2D eigenvalue weighted by Gasteiger charge is -2.17. The number of carbonyl (C=O) groups is 4. The number of carbonyl (C=O) groups excluding carboxylic acids is 2. The van der Waals surface area contributed by atoms with Crippen molar-refractivity contribution in [2.45, 2.75) is 88.9 Å². The fraction of sp³-hybridized carbons (Fsp3) is 0.515. The van der Waals surface area contributed by atoms with Gasteiger partial charge in [0.25, 0.3) is 0 Å². The van der Waals surface area contributed by atoms with Crippen LogP contribution in [0.15, 0.2) is 11.4 Å². The van der Waals surface area contributed by atoms with Crippen molar-refractivity contribution in [3.05, 3.63) is 56.4 Å². The van der Waals surface area contributed by atoms with E-state index in [0.717, 1.165) is 56.4 Å². The van der Waals surface area contributed by atoms with Crippen LogP contribution < -0.4 is 10.6 Å². The Balaban J connectivity index is 1.55. The average Bonchev–Trinajstić information content (AvgIpc) is 3.13. The van der Waals surface area contributed by atoms with E-state index in [0.29, 0.717) is 19.3 Å². The van der Waals surface area contributed by atoms with Gasteiger partial charge in [0, 0.05) is 81.7 Å². The van der Waals surface area contributed by atoms with Gasteiger partial charge in [0.15, 0.2) is 0 Å². The Morgan fingerprint density at radius 1 is 0.911 bits per heavy atom. The Bertz CT molecular complexity index is 1640. The van der Waals surface area contributed by atoms with Crippen molar-refractivity contribution >= 4 is 60.3 Å². The fourth-order valence-electron chi connectivity index (χ4n) is 7.12. The van der Waals surface area contributed by atoms with E-state index in [1.54, 1.807) is 11.8 Å². The number of thiol groups is 1. The molecule has 10 nitrogen and oxygen atoms in total. The van der Waals surface area contributed by atoms with Crippen molar-refractivity contribution in [3.8, 4) is 0 Å². The van der Waals surface area contributed by atoms with Gasteiger partial charge in [-0.1, -0.05) is 27.7 Å². The molecule has 2 unspecified atom stereocenters. The number of aromatic nitrogens is 2. The van der Waals surface area contributed by atoms with Gasteiger partial charge in [0.2, 0.25) is 11.8 Å². The highest BCUT2D eigenvalue weighted by molar-refractivity contribution is 8.09. The van der Waals surface area contributed by atoms with Crippen molar-refractivity contribution in [3.63, 3.8) is 0 Å². The zero-order chi connectivity index (χ0) is 33.0. The van der Waals surface area contributed by atoms with Crippen LogP contribution in [0.5, 0.6) is 0 Å². The van der Waals surface area contributed by atoms with Crippen LogP contribution >= 0.6 is 24.4 Å². The summed E-state index contributed by atoms with van der Waals surface area (Å²) in [5, 5.41) is 25.3. The second-order valence-electron chi connectivity index (χ2n) is 12.7. The highest BCUT2D eigenvalue weighted by Gasteiger charge is 2.66. The largest absolute Gasteiger partial charge is 0.481 e. The number of rotatable bonds is 11. The lowest BCUT2D eigenvalue weighted by Crippen LogP contribution is -2.28. The minimum atomic E-state index is -0.900. The van der Waals surface area contributed by atoms with E-state index in [-0.39, 0.29) is 52.9 Å². The van der Waals surface area contributed by atoms with E-state index in [9.17, 15) is 29.4 Å². The zero-order valence-corrected chi connectivity index (χ0v) is 28.2. The van der Waals surface area contributed by atoms with Crippen LogP contribution in [0.25, 0.3) is 12.2 Å². The van der Waals surface area contributed by atoms with Gasteiger partial charge in [-0.25, -0.2) is 0 Å². The first-order chi connectivity index (χ1) is 21.1. The molecule has 3 saturated heterocycles. The molecule has 242 valence electrons. The molecule has 6 atom stereocenters. The van der Waals surface area contributed by atoms with E-state index in [1.165, 1.54) is 0 Å². The third-order valence-electron chi connectivity index (χ3n) is 9.88.